The molecular formula is C65H85N3O8S2. The largest absolute Gasteiger partial charge is 0.460 e. The molecule has 0 bridgehead atoms. The van der Waals surface area contributed by atoms with E-state index in [1.165, 1.54) is 11.3 Å². The van der Waals surface area contributed by atoms with Gasteiger partial charge in [-0.1, -0.05) is 183 Å². The number of likely N-dealkylation sites (tertiary alicyclic amines) is 1. The molecule has 0 aliphatic carbocycles. The number of benzene rings is 4. The lowest BCUT2D eigenvalue weighted by atomic mass is 9.82. The van der Waals surface area contributed by atoms with Gasteiger partial charge in [0, 0.05) is 75.5 Å². The fourth-order valence-corrected chi connectivity index (χ4v) is 13.6. The van der Waals surface area contributed by atoms with Gasteiger partial charge >= 0.3 is 5.97 Å². The summed E-state index contributed by atoms with van der Waals surface area (Å²) in [5.41, 5.74) is 4.63. The van der Waals surface area contributed by atoms with Crippen molar-refractivity contribution in [1.29, 1.82) is 0 Å². The first-order chi connectivity index (χ1) is 37.5. The van der Waals surface area contributed by atoms with Crippen LogP contribution in [0, 0.1) is 35.5 Å². The van der Waals surface area contributed by atoms with Crippen LogP contribution in [0.15, 0.2) is 127 Å². The van der Waals surface area contributed by atoms with Crippen molar-refractivity contribution in [1.82, 2.24) is 14.8 Å². The second-order valence-electron chi connectivity index (χ2n) is 22.0. The number of hydrogen-bond donors (Lipinski definition) is 0. The van der Waals surface area contributed by atoms with Gasteiger partial charge in [-0.25, -0.2) is 9.78 Å². The minimum atomic E-state index is -0.614. The van der Waals surface area contributed by atoms with Gasteiger partial charge in [-0.2, -0.15) is 0 Å². The fourth-order valence-electron chi connectivity index (χ4n) is 11.3. The molecule has 420 valence electrons. The lowest BCUT2D eigenvalue weighted by molar-refractivity contribution is -0.149. The van der Waals surface area contributed by atoms with Crippen LogP contribution in [0.2, 0.25) is 0 Å². The first kappa shape index (κ1) is 61.7. The summed E-state index contributed by atoms with van der Waals surface area (Å²) in [6.07, 6.45) is 1.86. The monoisotopic (exact) mass is 1100 g/mol. The molecule has 0 N–H and O–H groups in total. The molecule has 9 atom stereocenters. The highest BCUT2D eigenvalue weighted by Gasteiger charge is 2.44. The van der Waals surface area contributed by atoms with Crippen LogP contribution in [0.4, 0.5) is 0 Å². The smallest absolute Gasteiger partial charge is 0.357 e. The molecule has 13 heteroatoms. The number of thioether (sulfide) groups is 1. The normalized spacial score (nSPS) is 16.9. The summed E-state index contributed by atoms with van der Waals surface area (Å²) in [5, 5.41) is 2.40. The minimum Gasteiger partial charge on any atom is -0.460 e. The maximum absolute atomic E-state index is 14.7. The van der Waals surface area contributed by atoms with Crippen molar-refractivity contribution < 1.29 is 38.2 Å². The molecule has 0 unspecified atom stereocenters. The molecule has 0 saturated carbocycles. The molecule has 5 aromatic rings. The zero-order chi connectivity index (χ0) is 56.5. The van der Waals surface area contributed by atoms with E-state index in [-0.39, 0.29) is 90.6 Å². The highest BCUT2D eigenvalue weighted by atomic mass is 32.2. The van der Waals surface area contributed by atoms with Crippen molar-refractivity contribution >= 4 is 52.4 Å². The van der Waals surface area contributed by atoms with E-state index < -0.39 is 40.8 Å². The zero-order valence-electron chi connectivity index (χ0n) is 48.0. The first-order valence-corrected chi connectivity index (χ1v) is 30.0. The molecule has 6 rings (SSSR count). The second-order valence-corrected chi connectivity index (χ2v) is 24.2. The van der Waals surface area contributed by atoms with Crippen LogP contribution in [-0.2, 0) is 44.6 Å². The van der Waals surface area contributed by atoms with Gasteiger partial charge in [-0.3, -0.25) is 19.2 Å². The van der Waals surface area contributed by atoms with E-state index in [0.29, 0.717) is 30.1 Å². The Labute approximate surface area is 473 Å². The van der Waals surface area contributed by atoms with E-state index in [9.17, 15) is 24.0 Å². The molecule has 78 heavy (non-hydrogen) atoms. The van der Waals surface area contributed by atoms with Crippen LogP contribution in [0.25, 0.3) is 0 Å². The van der Waals surface area contributed by atoms with Gasteiger partial charge in [-0.15, -0.1) is 23.1 Å². The van der Waals surface area contributed by atoms with Crippen molar-refractivity contribution in [3.05, 3.63) is 160 Å². The number of esters is 1. The number of methoxy groups -OCH3 is 2. The summed E-state index contributed by atoms with van der Waals surface area (Å²) in [5.74, 6) is -1.63. The van der Waals surface area contributed by atoms with Crippen molar-refractivity contribution in [2.24, 2.45) is 35.5 Å². The summed E-state index contributed by atoms with van der Waals surface area (Å²) in [4.78, 5) is 79.3. The average molecular weight is 1100 g/mol. The molecule has 2 heterocycles. The Morgan fingerprint density at radius 1 is 0.731 bits per heavy atom. The summed E-state index contributed by atoms with van der Waals surface area (Å²) in [6.45, 7) is 16.7. The van der Waals surface area contributed by atoms with Crippen molar-refractivity contribution in [3.8, 4) is 0 Å². The van der Waals surface area contributed by atoms with Gasteiger partial charge in [-0.05, 0) is 59.3 Å². The molecule has 1 aliphatic rings. The number of Topliss-reactive ketones (excluding diaryl/α,β-unsaturated/α-hetero) is 2. The van der Waals surface area contributed by atoms with Gasteiger partial charge < -0.3 is 24.0 Å². The number of aromatic nitrogens is 1. The van der Waals surface area contributed by atoms with E-state index >= 15 is 0 Å². The predicted molar refractivity (Wildman–Crippen MR) is 315 cm³/mol. The molecule has 1 saturated heterocycles. The highest BCUT2D eigenvalue weighted by Crippen LogP contribution is 2.48. The van der Waals surface area contributed by atoms with Crippen LogP contribution >= 0.6 is 23.1 Å². The molecule has 0 spiro atoms. The van der Waals surface area contributed by atoms with E-state index in [4.69, 9.17) is 19.2 Å². The Kier molecular flexibility index (Phi) is 23.5. The van der Waals surface area contributed by atoms with Crippen molar-refractivity contribution in [3.63, 3.8) is 0 Å². The van der Waals surface area contributed by atoms with Crippen molar-refractivity contribution in [2.75, 3.05) is 40.2 Å². The van der Waals surface area contributed by atoms with Gasteiger partial charge in [0.1, 0.15) is 18.2 Å². The number of carbonyl (C=O) groups excluding carboxylic acids is 5. The van der Waals surface area contributed by atoms with Gasteiger partial charge in [0.2, 0.25) is 11.8 Å². The number of nitrogens with zero attached hydrogens (tertiary/aromatic N) is 3. The fraction of sp³-hybridized carbons (Fsp3) is 0.508. The van der Waals surface area contributed by atoms with Crippen molar-refractivity contribution in [2.45, 2.75) is 135 Å². The van der Waals surface area contributed by atoms with Gasteiger partial charge in [0.15, 0.2) is 5.69 Å². The number of ether oxygens (including phenoxy) is 3. The third kappa shape index (κ3) is 15.2. The summed E-state index contributed by atoms with van der Waals surface area (Å²) >= 11 is 3.08. The number of likely N-dealkylation sites (N-methyl/N-ethyl adjacent to an activating group) is 1. The quantitative estimate of drug-likeness (QED) is 0.0249. The van der Waals surface area contributed by atoms with Crippen LogP contribution in [-0.4, -0.2) is 109 Å². The number of carbonyl (C=O) groups is 5. The molecule has 1 fully saturated rings. The third-order valence-corrected chi connectivity index (χ3v) is 19.0. The predicted octanol–water partition coefficient (Wildman–Crippen LogP) is 12.8. The average Bonchev–Trinajstić information content (AvgIpc) is 4.27. The number of thiazole rings is 1. The third-order valence-electron chi connectivity index (χ3n) is 16.4. The maximum Gasteiger partial charge on any atom is 0.357 e. The molecule has 11 nitrogen and oxygen atoms in total. The maximum atomic E-state index is 14.7. The highest BCUT2D eigenvalue weighted by molar-refractivity contribution is 8.00. The standard InChI is InChI=1S/C65H85N3O8S2/c1-12-45(6)60(67(9)63(72)53(44(4)5)40-57(70)46(7)43(2)3)58(74-10)41-59(71)68-35-25-34-55(68)61(75-11)47(8)56(69)39-49(38-48-26-17-13-18-27-48)62-66-54(42-77-62)64(73)76-36-37-78-65(50-28-19-14-20-29-50,51-30-21-15-22-31-51)52-32-23-16-24-33-52/h13-24,26-33,42-47,49,53,55,58,60-61H,12,25,34-41H2,1-11H3/t45-,46-,47-,49+,53-,55-,58+,60-,61+/m0/s1. The Bertz CT molecular complexity index is 2570. The summed E-state index contributed by atoms with van der Waals surface area (Å²) in [7, 11) is 4.98. The second kappa shape index (κ2) is 29.7. The molecule has 0 radical (unpaired) electrons. The molecule has 2 amide bonds. The van der Waals surface area contributed by atoms with Crippen LogP contribution in [0.3, 0.4) is 0 Å². The van der Waals surface area contributed by atoms with E-state index in [1.807, 2.05) is 95.0 Å². The number of amides is 2. The Morgan fingerprint density at radius 3 is 1.79 bits per heavy atom. The lowest BCUT2D eigenvalue weighted by Crippen LogP contribution is -2.54. The first-order valence-electron chi connectivity index (χ1n) is 28.1. The molecule has 1 aliphatic heterocycles. The molecule has 1 aromatic heterocycles. The SMILES string of the molecule is CC[C@H](C)[C@@H]([C@@H](CC(=O)N1CCC[C@H]1[C@H](OC)[C@@H](C)C(=O)C[C@@H](Cc1ccccc1)c1nc(C(=O)OCCSC(c2ccccc2)(c2ccccc2)c2ccccc2)cs1)OC)N(C)C(=O)[C@@H](CC(=O)[C@@H](C)C(C)C)C(C)C. The van der Waals surface area contributed by atoms with E-state index in [1.54, 1.807) is 43.3 Å². The number of rotatable bonds is 30. The Morgan fingerprint density at radius 2 is 1.28 bits per heavy atom. The minimum absolute atomic E-state index is 0.00687. The van der Waals surface area contributed by atoms with Crippen LogP contribution in [0.1, 0.15) is 138 Å². The van der Waals surface area contributed by atoms with E-state index in [0.717, 1.165) is 35.1 Å². The zero-order valence-corrected chi connectivity index (χ0v) is 49.6. The Balaban J connectivity index is 1.14. The topological polar surface area (TPSA) is 132 Å². The summed E-state index contributed by atoms with van der Waals surface area (Å²) < 4.78 is 17.7. The van der Waals surface area contributed by atoms with Crippen LogP contribution < -0.4 is 0 Å². The Hall–Kier alpha value is -5.47. The summed E-state index contributed by atoms with van der Waals surface area (Å²) in [6, 6.07) is 40.4. The number of ketones is 2. The van der Waals surface area contributed by atoms with Crippen LogP contribution in [0.5, 0.6) is 0 Å². The van der Waals surface area contributed by atoms with Gasteiger partial charge in [0.05, 0.1) is 40.5 Å². The number of hydrogen-bond acceptors (Lipinski definition) is 11. The molecular weight excluding hydrogens is 1010 g/mol. The molecule has 4 aromatic carbocycles. The van der Waals surface area contributed by atoms with Gasteiger partial charge in [0.25, 0.3) is 0 Å². The lowest BCUT2D eigenvalue weighted by Gasteiger charge is -2.41. The van der Waals surface area contributed by atoms with E-state index in [2.05, 4.69) is 86.6 Å².